The van der Waals surface area contributed by atoms with Crippen LogP contribution in [0.2, 0.25) is 4.34 Å². The number of benzene rings is 1. The number of hydrogen-bond donors (Lipinski definition) is 1. The third-order valence-electron chi connectivity index (χ3n) is 3.55. The minimum Gasteiger partial charge on any atom is -0.456 e. The number of hydrogen-bond acceptors (Lipinski definition) is 7. The number of nitro benzene ring substituents is 1. The highest BCUT2D eigenvalue weighted by Crippen LogP contribution is 2.23. The molecule has 0 aliphatic heterocycles. The lowest BCUT2D eigenvalue weighted by Gasteiger charge is -2.16. The maximum atomic E-state index is 12.0. The van der Waals surface area contributed by atoms with E-state index in [0.29, 0.717) is 16.6 Å². The Labute approximate surface area is 164 Å². The van der Waals surface area contributed by atoms with E-state index in [1.165, 1.54) is 22.3 Å². The molecule has 8 nitrogen and oxygen atoms in total. The third-order valence-corrected chi connectivity index (χ3v) is 4.77. The monoisotopic (exact) mass is 411 g/mol. The predicted molar refractivity (Wildman–Crippen MR) is 103 cm³/mol. The maximum Gasteiger partial charge on any atom is 0.308 e. The quantitative estimate of drug-likeness (QED) is 0.386. The van der Waals surface area contributed by atoms with Gasteiger partial charge in [-0.25, -0.2) is 0 Å². The minimum atomic E-state index is -0.568. The van der Waals surface area contributed by atoms with Gasteiger partial charge in [-0.2, -0.15) is 0 Å². The number of ether oxygens (including phenoxy) is 1. The number of carbonyl (C=O) groups is 2. The van der Waals surface area contributed by atoms with Crippen LogP contribution in [0, 0.1) is 10.1 Å². The number of halogens is 1. The van der Waals surface area contributed by atoms with Crippen molar-refractivity contribution in [1.82, 2.24) is 4.90 Å². The van der Waals surface area contributed by atoms with Gasteiger partial charge >= 0.3 is 5.97 Å². The molecule has 144 valence electrons. The van der Waals surface area contributed by atoms with Crippen LogP contribution in [0.3, 0.4) is 0 Å². The molecule has 2 aromatic rings. The summed E-state index contributed by atoms with van der Waals surface area (Å²) in [5.74, 6) is -0.901. The number of nitrogens with zero attached hydrogens (tertiary/aromatic N) is 2. The lowest BCUT2D eigenvalue weighted by molar-refractivity contribution is -0.384. The molecule has 1 N–H and O–H groups in total. The van der Waals surface area contributed by atoms with Crippen LogP contribution < -0.4 is 5.32 Å². The van der Waals surface area contributed by atoms with Gasteiger partial charge < -0.3 is 15.0 Å². The first-order valence-corrected chi connectivity index (χ1v) is 9.17. The molecular weight excluding hydrogens is 394 g/mol. The fourth-order valence-corrected chi connectivity index (χ4v) is 3.31. The van der Waals surface area contributed by atoms with Crippen LogP contribution in [-0.4, -0.2) is 41.9 Å². The molecule has 1 heterocycles. The summed E-state index contributed by atoms with van der Waals surface area (Å²) in [6.45, 7) is 0.175. The number of rotatable bonds is 9. The number of para-hydroxylation sites is 2. The number of carbonyl (C=O) groups excluding carboxylic acids is 2. The van der Waals surface area contributed by atoms with Gasteiger partial charge in [0.25, 0.3) is 11.6 Å². The lowest BCUT2D eigenvalue weighted by atomic mass is 10.2. The zero-order valence-corrected chi connectivity index (χ0v) is 16.1. The smallest absolute Gasteiger partial charge is 0.308 e. The van der Waals surface area contributed by atoms with Crippen molar-refractivity contribution in [1.29, 1.82) is 0 Å². The van der Waals surface area contributed by atoms with Crippen LogP contribution in [0.5, 0.6) is 0 Å². The largest absolute Gasteiger partial charge is 0.456 e. The first kappa shape index (κ1) is 20.7. The van der Waals surface area contributed by atoms with Gasteiger partial charge in [-0.15, -0.1) is 11.3 Å². The van der Waals surface area contributed by atoms with Gasteiger partial charge in [0.15, 0.2) is 6.61 Å². The van der Waals surface area contributed by atoms with Gasteiger partial charge in [-0.1, -0.05) is 23.7 Å². The SMILES string of the molecule is CN(Cc1ccc(Cl)s1)C(=O)COC(=O)CCNc1ccccc1[N+](=O)[O-]. The molecule has 0 atom stereocenters. The summed E-state index contributed by atoms with van der Waals surface area (Å²) in [4.78, 5) is 36.5. The highest BCUT2D eigenvalue weighted by molar-refractivity contribution is 7.16. The average molecular weight is 412 g/mol. The number of thiophene rings is 1. The van der Waals surface area contributed by atoms with Crippen LogP contribution in [0.15, 0.2) is 36.4 Å². The first-order valence-electron chi connectivity index (χ1n) is 7.98. The molecule has 27 heavy (non-hydrogen) atoms. The van der Waals surface area contributed by atoms with Crippen molar-refractivity contribution in [2.75, 3.05) is 25.5 Å². The fourth-order valence-electron chi connectivity index (χ4n) is 2.16. The summed E-state index contributed by atoms with van der Waals surface area (Å²) in [6, 6.07) is 9.72. The van der Waals surface area contributed by atoms with Gasteiger partial charge in [0.1, 0.15) is 5.69 Å². The van der Waals surface area contributed by atoms with Crippen LogP contribution >= 0.6 is 22.9 Å². The van der Waals surface area contributed by atoms with E-state index in [2.05, 4.69) is 5.32 Å². The fraction of sp³-hybridized carbons (Fsp3) is 0.294. The molecule has 0 fully saturated rings. The summed E-state index contributed by atoms with van der Waals surface area (Å²) in [5, 5.41) is 13.7. The predicted octanol–water partition coefficient (Wildman–Crippen LogP) is 3.31. The van der Waals surface area contributed by atoms with Crippen molar-refractivity contribution in [2.24, 2.45) is 0 Å². The summed E-state index contributed by atoms with van der Waals surface area (Å²) < 4.78 is 5.60. The van der Waals surface area contributed by atoms with Crippen LogP contribution in [0.1, 0.15) is 11.3 Å². The summed E-state index contributed by atoms with van der Waals surface area (Å²) >= 11 is 7.23. The van der Waals surface area contributed by atoms with Crippen molar-refractivity contribution in [2.45, 2.75) is 13.0 Å². The van der Waals surface area contributed by atoms with E-state index in [0.717, 1.165) is 4.88 Å². The average Bonchev–Trinajstić information content (AvgIpc) is 3.04. The van der Waals surface area contributed by atoms with Crippen molar-refractivity contribution < 1.29 is 19.2 Å². The third kappa shape index (κ3) is 6.54. The zero-order chi connectivity index (χ0) is 19.8. The van der Waals surface area contributed by atoms with E-state index in [-0.39, 0.29) is 31.2 Å². The highest BCUT2D eigenvalue weighted by atomic mass is 35.5. The van der Waals surface area contributed by atoms with E-state index in [4.69, 9.17) is 16.3 Å². The Morgan fingerprint density at radius 3 is 2.70 bits per heavy atom. The molecule has 1 amide bonds. The minimum absolute atomic E-state index is 0.0242. The van der Waals surface area contributed by atoms with Gasteiger partial charge in [-0.05, 0) is 18.2 Å². The van der Waals surface area contributed by atoms with E-state index >= 15 is 0 Å². The number of likely N-dealkylation sites (N-methyl/N-ethyl adjacent to an activating group) is 1. The Morgan fingerprint density at radius 2 is 2.04 bits per heavy atom. The van der Waals surface area contributed by atoms with Crippen LogP contribution in [-0.2, 0) is 20.9 Å². The molecule has 2 rings (SSSR count). The van der Waals surface area contributed by atoms with Crippen molar-refractivity contribution >= 4 is 46.2 Å². The molecule has 0 saturated carbocycles. The molecule has 1 aromatic heterocycles. The molecule has 10 heteroatoms. The second kappa shape index (κ2) is 9.89. The van der Waals surface area contributed by atoms with Gasteiger partial charge in [0.2, 0.25) is 0 Å². The van der Waals surface area contributed by atoms with Gasteiger partial charge in [0.05, 0.1) is 22.2 Å². The Kier molecular flexibility index (Phi) is 7.56. The molecule has 0 saturated heterocycles. The molecule has 1 aromatic carbocycles. The Hall–Kier alpha value is -2.65. The molecule has 0 aliphatic carbocycles. The van der Waals surface area contributed by atoms with E-state index in [1.54, 1.807) is 31.3 Å². The number of anilines is 1. The summed E-state index contributed by atoms with van der Waals surface area (Å²) in [6.07, 6.45) is -0.0242. The molecule has 0 unspecified atom stereocenters. The Bertz CT molecular complexity index is 826. The molecule has 0 spiro atoms. The second-order valence-electron chi connectivity index (χ2n) is 5.57. The zero-order valence-electron chi connectivity index (χ0n) is 14.5. The van der Waals surface area contributed by atoms with Gasteiger partial charge in [0, 0.05) is 24.5 Å². The standard InChI is InChI=1S/C17H18ClN3O5S/c1-20(10-12-6-7-15(18)27-12)16(22)11-26-17(23)8-9-19-13-4-2-3-5-14(13)21(24)25/h2-7,19H,8-11H2,1H3. The Balaban J connectivity index is 1.71. The summed E-state index contributed by atoms with van der Waals surface area (Å²) in [5.41, 5.74) is 0.247. The molecule has 0 bridgehead atoms. The Morgan fingerprint density at radius 1 is 1.30 bits per heavy atom. The van der Waals surface area contributed by atoms with Crippen LogP contribution in [0.4, 0.5) is 11.4 Å². The van der Waals surface area contributed by atoms with Crippen LogP contribution in [0.25, 0.3) is 0 Å². The van der Waals surface area contributed by atoms with E-state index in [9.17, 15) is 19.7 Å². The lowest BCUT2D eigenvalue weighted by Crippen LogP contribution is -2.30. The normalized spacial score (nSPS) is 10.3. The van der Waals surface area contributed by atoms with Crippen molar-refractivity contribution in [3.05, 3.63) is 55.7 Å². The summed E-state index contributed by atoms with van der Waals surface area (Å²) in [7, 11) is 1.61. The second-order valence-corrected chi connectivity index (χ2v) is 7.37. The maximum absolute atomic E-state index is 12.0. The molecular formula is C17H18ClN3O5S. The first-order chi connectivity index (χ1) is 12.9. The number of nitrogens with one attached hydrogen (secondary N) is 1. The number of esters is 1. The van der Waals surface area contributed by atoms with E-state index < -0.39 is 10.9 Å². The molecule has 0 aliphatic rings. The topological polar surface area (TPSA) is 102 Å². The number of amides is 1. The molecule has 0 radical (unpaired) electrons. The van der Waals surface area contributed by atoms with Gasteiger partial charge in [-0.3, -0.25) is 19.7 Å². The number of nitro groups is 1. The highest BCUT2D eigenvalue weighted by Gasteiger charge is 2.15. The van der Waals surface area contributed by atoms with E-state index in [1.807, 2.05) is 6.07 Å². The van der Waals surface area contributed by atoms with Crippen molar-refractivity contribution in [3.8, 4) is 0 Å². The van der Waals surface area contributed by atoms with Crippen molar-refractivity contribution in [3.63, 3.8) is 0 Å².